The van der Waals surface area contributed by atoms with Crippen LogP contribution in [-0.4, -0.2) is 12.1 Å². The lowest BCUT2D eigenvalue weighted by molar-refractivity contribution is -0.167. The molecule has 0 aromatic heterocycles. The van der Waals surface area contributed by atoms with Crippen LogP contribution in [-0.2, 0) is 4.79 Å². The lowest BCUT2D eigenvalue weighted by atomic mass is 10.1. The van der Waals surface area contributed by atoms with Crippen molar-refractivity contribution in [2.75, 3.05) is 5.32 Å². The lowest BCUT2D eigenvalue weighted by Gasteiger charge is -2.10. The second-order valence-corrected chi connectivity index (χ2v) is 3.09. The number of nitriles is 1. The molecule has 0 saturated heterocycles. The van der Waals surface area contributed by atoms with E-state index >= 15 is 0 Å². The first-order valence-corrected chi connectivity index (χ1v) is 4.23. The Kier molecular flexibility index (Phi) is 3.18. The summed E-state index contributed by atoms with van der Waals surface area (Å²) in [4.78, 5) is 10.7. The number of rotatable bonds is 1. The fourth-order valence-electron chi connectivity index (χ4n) is 1.02. The van der Waals surface area contributed by atoms with E-state index in [1.165, 1.54) is 25.1 Å². The number of nitrogens with one attached hydrogen (secondary N) is 1. The number of carbonyl (C=O) groups excluding carboxylic acids is 1. The Balaban J connectivity index is 2.98. The number of hydrogen-bond acceptors (Lipinski definition) is 2. The molecule has 0 heterocycles. The maximum absolute atomic E-state index is 12.0. The third-order valence-corrected chi connectivity index (χ3v) is 1.87. The fourth-order valence-corrected chi connectivity index (χ4v) is 1.02. The highest BCUT2D eigenvalue weighted by molar-refractivity contribution is 5.95. The Morgan fingerprint density at radius 3 is 2.56 bits per heavy atom. The van der Waals surface area contributed by atoms with Gasteiger partial charge in [-0.3, -0.25) is 4.79 Å². The van der Waals surface area contributed by atoms with Gasteiger partial charge in [-0.2, -0.15) is 18.4 Å². The van der Waals surface area contributed by atoms with Crippen LogP contribution in [0.15, 0.2) is 18.2 Å². The number of nitrogens with zero attached hydrogens (tertiary/aromatic N) is 1. The molecule has 0 fully saturated rings. The average molecular weight is 228 g/mol. The number of halogens is 3. The van der Waals surface area contributed by atoms with Crippen molar-refractivity contribution in [3.05, 3.63) is 29.3 Å². The third kappa shape index (κ3) is 2.73. The maximum atomic E-state index is 12.0. The molecule has 84 valence electrons. The predicted molar refractivity (Wildman–Crippen MR) is 50.6 cm³/mol. The van der Waals surface area contributed by atoms with Crippen molar-refractivity contribution < 1.29 is 18.0 Å². The Morgan fingerprint density at radius 1 is 1.44 bits per heavy atom. The molecule has 6 heteroatoms. The van der Waals surface area contributed by atoms with Crippen molar-refractivity contribution >= 4 is 11.6 Å². The van der Waals surface area contributed by atoms with Gasteiger partial charge in [0.25, 0.3) is 0 Å². The summed E-state index contributed by atoms with van der Waals surface area (Å²) in [7, 11) is 0. The summed E-state index contributed by atoms with van der Waals surface area (Å²) in [6.07, 6.45) is -4.94. The summed E-state index contributed by atoms with van der Waals surface area (Å²) in [6.45, 7) is 1.53. The van der Waals surface area contributed by atoms with Gasteiger partial charge in [0.15, 0.2) is 0 Å². The second-order valence-electron chi connectivity index (χ2n) is 3.09. The molecule has 1 aromatic rings. The zero-order valence-electron chi connectivity index (χ0n) is 8.22. The van der Waals surface area contributed by atoms with Crippen LogP contribution < -0.4 is 5.32 Å². The standard InChI is InChI=1S/C10H7F3N2O/c1-6-2-3-7(5-14)4-8(6)15-9(16)10(11,12)13/h2-4H,1H3,(H,15,16). The van der Waals surface area contributed by atoms with Crippen molar-refractivity contribution in [3.8, 4) is 6.07 Å². The molecule has 0 spiro atoms. The molecular weight excluding hydrogens is 221 g/mol. The maximum Gasteiger partial charge on any atom is 0.471 e. The van der Waals surface area contributed by atoms with Crippen LogP contribution in [0.1, 0.15) is 11.1 Å². The summed E-state index contributed by atoms with van der Waals surface area (Å²) in [5.74, 6) is -2.05. The van der Waals surface area contributed by atoms with E-state index in [2.05, 4.69) is 0 Å². The van der Waals surface area contributed by atoms with Gasteiger partial charge >= 0.3 is 12.1 Å². The van der Waals surface area contributed by atoms with E-state index in [-0.39, 0.29) is 11.3 Å². The monoisotopic (exact) mass is 228 g/mol. The number of hydrogen-bond donors (Lipinski definition) is 1. The molecule has 0 radical (unpaired) electrons. The summed E-state index contributed by atoms with van der Waals surface area (Å²) < 4.78 is 35.9. The van der Waals surface area contributed by atoms with Crippen LogP contribution in [0.3, 0.4) is 0 Å². The topological polar surface area (TPSA) is 52.9 Å². The molecule has 1 amide bonds. The highest BCUT2D eigenvalue weighted by Gasteiger charge is 2.38. The van der Waals surface area contributed by atoms with Gasteiger partial charge in [-0.05, 0) is 24.6 Å². The van der Waals surface area contributed by atoms with Gasteiger partial charge in [0.2, 0.25) is 0 Å². The van der Waals surface area contributed by atoms with Crippen LogP contribution >= 0.6 is 0 Å². The number of amides is 1. The van der Waals surface area contributed by atoms with Crippen LogP contribution in [0.2, 0.25) is 0 Å². The molecule has 1 aromatic carbocycles. The van der Waals surface area contributed by atoms with Crippen molar-refractivity contribution in [3.63, 3.8) is 0 Å². The van der Waals surface area contributed by atoms with Gasteiger partial charge in [-0.25, -0.2) is 0 Å². The molecule has 3 nitrogen and oxygen atoms in total. The first-order valence-electron chi connectivity index (χ1n) is 4.23. The van der Waals surface area contributed by atoms with Crippen molar-refractivity contribution in [2.24, 2.45) is 0 Å². The van der Waals surface area contributed by atoms with E-state index in [1.807, 2.05) is 0 Å². The molecule has 0 unspecified atom stereocenters. The summed E-state index contributed by atoms with van der Waals surface area (Å²) >= 11 is 0. The predicted octanol–water partition coefficient (Wildman–Crippen LogP) is 2.37. The largest absolute Gasteiger partial charge is 0.471 e. The third-order valence-electron chi connectivity index (χ3n) is 1.87. The SMILES string of the molecule is Cc1ccc(C#N)cc1NC(=O)C(F)(F)F. The quantitative estimate of drug-likeness (QED) is 0.802. The molecule has 1 N–H and O–H groups in total. The Labute approximate surface area is 89.5 Å². The summed E-state index contributed by atoms with van der Waals surface area (Å²) in [6, 6.07) is 5.89. The zero-order chi connectivity index (χ0) is 12.3. The van der Waals surface area contributed by atoms with Crippen molar-refractivity contribution in [1.82, 2.24) is 0 Å². The molecule has 0 bridgehead atoms. The smallest absolute Gasteiger partial charge is 0.318 e. The summed E-state index contributed by atoms with van der Waals surface area (Å²) in [5.41, 5.74) is 0.626. The molecular formula is C10H7F3N2O. The van der Waals surface area contributed by atoms with Gasteiger partial charge in [0.05, 0.1) is 11.6 Å². The van der Waals surface area contributed by atoms with Gasteiger partial charge < -0.3 is 5.32 Å². The lowest BCUT2D eigenvalue weighted by Crippen LogP contribution is -2.30. The Morgan fingerprint density at radius 2 is 2.06 bits per heavy atom. The minimum Gasteiger partial charge on any atom is -0.318 e. The summed E-state index contributed by atoms with van der Waals surface area (Å²) in [5, 5.41) is 10.3. The average Bonchev–Trinajstić information content (AvgIpc) is 2.19. The second kappa shape index (κ2) is 4.23. The first kappa shape index (κ1) is 12.0. The number of benzene rings is 1. The number of aryl methyl sites for hydroxylation is 1. The molecule has 0 atom stereocenters. The minimum atomic E-state index is -4.94. The fraction of sp³-hybridized carbons (Fsp3) is 0.200. The van der Waals surface area contributed by atoms with E-state index in [4.69, 9.17) is 5.26 Å². The van der Waals surface area contributed by atoms with Crippen molar-refractivity contribution in [2.45, 2.75) is 13.1 Å². The van der Waals surface area contributed by atoms with E-state index < -0.39 is 12.1 Å². The molecule has 0 aliphatic rings. The Hall–Kier alpha value is -2.03. The van der Waals surface area contributed by atoms with Gasteiger partial charge in [0.1, 0.15) is 0 Å². The van der Waals surface area contributed by atoms with Crippen LogP contribution in [0.4, 0.5) is 18.9 Å². The number of anilines is 1. The molecule has 0 saturated carbocycles. The molecule has 0 aliphatic carbocycles. The Bertz CT molecular complexity index is 460. The molecule has 0 aliphatic heterocycles. The van der Waals surface area contributed by atoms with Crippen LogP contribution in [0, 0.1) is 18.3 Å². The minimum absolute atomic E-state index is 0.0126. The molecule has 1 rings (SSSR count). The zero-order valence-corrected chi connectivity index (χ0v) is 8.22. The highest BCUT2D eigenvalue weighted by Crippen LogP contribution is 2.21. The van der Waals surface area contributed by atoms with E-state index in [9.17, 15) is 18.0 Å². The van der Waals surface area contributed by atoms with Crippen LogP contribution in [0.5, 0.6) is 0 Å². The van der Waals surface area contributed by atoms with Crippen molar-refractivity contribution in [1.29, 1.82) is 5.26 Å². The number of carbonyl (C=O) groups is 1. The van der Waals surface area contributed by atoms with E-state index in [0.717, 1.165) is 0 Å². The van der Waals surface area contributed by atoms with Gasteiger partial charge in [0, 0.05) is 5.69 Å². The normalized spacial score (nSPS) is 10.7. The number of alkyl halides is 3. The van der Waals surface area contributed by atoms with Crippen LogP contribution in [0.25, 0.3) is 0 Å². The highest BCUT2D eigenvalue weighted by atomic mass is 19.4. The van der Waals surface area contributed by atoms with E-state index in [1.54, 1.807) is 11.4 Å². The van der Waals surface area contributed by atoms with E-state index in [0.29, 0.717) is 5.56 Å². The van der Waals surface area contributed by atoms with Gasteiger partial charge in [-0.15, -0.1) is 0 Å². The first-order chi connectivity index (χ1) is 7.34. The van der Waals surface area contributed by atoms with Gasteiger partial charge in [-0.1, -0.05) is 6.07 Å². The molecule has 16 heavy (non-hydrogen) atoms.